The van der Waals surface area contributed by atoms with Gasteiger partial charge in [-0.25, -0.2) is 0 Å². The monoisotopic (exact) mass is 140 g/mol. The lowest BCUT2D eigenvalue weighted by Gasteiger charge is -1.99. The highest BCUT2D eigenvalue weighted by Gasteiger charge is 2.02. The Balaban J connectivity index is 3.09. The molecule has 0 amide bonds. The summed E-state index contributed by atoms with van der Waals surface area (Å²) in [6, 6.07) is 1.65. The van der Waals surface area contributed by atoms with E-state index in [9.17, 15) is 5.21 Å². The van der Waals surface area contributed by atoms with Crippen LogP contribution in [0.3, 0.4) is 0 Å². The molecule has 0 saturated heterocycles. The number of nitrogens with zero attached hydrogens (tertiary/aromatic N) is 2. The van der Waals surface area contributed by atoms with E-state index >= 15 is 0 Å². The SMILES string of the molecule is COc1n[n+]([O-])ccc1C. The van der Waals surface area contributed by atoms with E-state index in [0.29, 0.717) is 10.7 Å². The first-order valence-corrected chi connectivity index (χ1v) is 2.85. The topological polar surface area (TPSA) is 49.1 Å². The van der Waals surface area contributed by atoms with Crippen LogP contribution in [0, 0.1) is 12.1 Å². The van der Waals surface area contributed by atoms with E-state index in [0.717, 1.165) is 5.56 Å². The van der Waals surface area contributed by atoms with Gasteiger partial charge in [0, 0.05) is 11.6 Å². The lowest BCUT2D eigenvalue weighted by molar-refractivity contribution is -0.669. The summed E-state index contributed by atoms with van der Waals surface area (Å²) >= 11 is 0. The zero-order valence-electron chi connectivity index (χ0n) is 5.87. The number of rotatable bonds is 1. The van der Waals surface area contributed by atoms with Gasteiger partial charge in [-0.3, -0.25) is 0 Å². The van der Waals surface area contributed by atoms with Crippen LogP contribution in [-0.4, -0.2) is 12.2 Å². The van der Waals surface area contributed by atoms with Crippen molar-refractivity contribution in [2.75, 3.05) is 7.11 Å². The fraction of sp³-hybridized carbons (Fsp3) is 0.333. The molecule has 1 rings (SSSR count). The molecule has 1 aromatic heterocycles. The molecular weight excluding hydrogens is 132 g/mol. The van der Waals surface area contributed by atoms with Crippen molar-refractivity contribution in [2.45, 2.75) is 6.92 Å². The van der Waals surface area contributed by atoms with Crippen LogP contribution in [0.15, 0.2) is 12.3 Å². The molecule has 0 aliphatic carbocycles. The van der Waals surface area contributed by atoms with Gasteiger partial charge in [-0.1, -0.05) is 4.85 Å². The number of aromatic nitrogens is 2. The van der Waals surface area contributed by atoms with Crippen LogP contribution in [0.1, 0.15) is 5.56 Å². The van der Waals surface area contributed by atoms with Crippen molar-refractivity contribution in [2.24, 2.45) is 0 Å². The van der Waals surface area contributed by atoms with Gasteiger partial charge in [0.25, 0.3) is 5.88 Å². The first-order chi connectivity index (χ1) is 4.74. The Morgan fingerprint density at radius 1 is 1.70 bits per heavy atom. The van der Waals surface area contributed by atoms with Crippen LogP contribution in [-0.2, 0) is 0 Å². The zero-order chi connectivity index (χ0) is 7.56. The highest BCUT2D eigenvalue weighted by atomic mass is 16.5. The van der Waals surface area contributed by atoms with E-state index in [1.54, 1.807) is 6.07 Å². The van der Waals surface area contributed by atoms with Gasteiger partial charge < -0.3 is 9.94 Å². The Morgan fingerprint density at radius 3 is 2.90 bits per heavy atom. The Bertz CT molecular complexity index is 237. The predicted molar refractivity (Wildman–Crippen MR) is 34.5 cm³/mol. The van der Waals surface area contributed by atoms with Crippen molar-refractivity contribution >= 4 is 0 Å². The highest BCUT2D eigenvalue weighted by molar-refractivity contribution is 5.19. The third kappa shape index (κ3) is 1.15. The van der Waals surface area contributed by atoms with E-state index in [-0.39, 0.29) is 0 Å². The Hall–Kier alpha value is -1.32. The second kappa shape index (κ2) is 2.51. The molecule has 54 valence electrons. The molecule has 4 heteroatoms. The zero-order valence-corrected chi connectivity index (χ0v) is 5.87. The molecule has 0 fully saturated rings. The van der Waals surface area contributed by atoms with Crippen molar-refractivity contribution < 1.29 is 9.58 Å². The number of methoxy groups -OCH3 is 1. The van der Waals surface area contributed by atoms with E-state index in [1.807, 2.05) is 6.92 Å². The first-order valence-electron chi connectivity index (χ1n) is 2.85. The van der Waals surface area contributed by atoms with Gasteiger partial charge in [0.1, 0.15) is 0 Å². The molecule has 0 N–H and O–H groups in total. The average molecular weight is 140 g/mol. The molecule has 0 atom stereocenters. The minimum Gasteiger partial charge on any atom is -0.594 e. The fourth-order valence-corrected chi connectivity index (χ4v) is 0.650. The van der Waals surface area contributed by atoms with Crippen LogP contribution in [0.2, 0.25) is 0 Å². The van der Waals surface area contributed by atoms with Gasteiger partial charge in [0.15, 0.2) is 0 Å². The average Bonchev–Trinajstić information content (AvgIpc) is 1.94. The molecular formula is C6H8N2O2. The minimum absolute atomic E-state index is 0.373. The lowest BCUT2D eigenvalue weighted by Crippen LogP contribution is -2.30. The normalized spacial score (nSPS) is 9.40. The summed E-state index contributed by atoms with van der Waals surface area (Å²) in [5.41, 5.74) is 0.856. The molecule has 0 aromatic carbocycles. The van der Waals surface area contributed by atoms with Crippen LogP contribution < -0.4 is 9.58 Å². The second-order valence-electron chi connectivity index (χ2n) is 1.91. The van der Waals surface area contributed by atoms with Crippen LogP contribution in [0.5, 0.6) is 5.88 Å². The van der Waals surface area contributed by atoms with Crippen LogP contribution in [0.25, 0.3) is 0 Å². The first kappa shape index (κ1) is 6.80. The standard InChI is InChI=1S/C6H8N2O2/c1-5-3-4-8(9)7-6(5)10-2/h3-4H,1-2H3. The molecule has 0 unspecified atom stereocenters. The van der Waals surface area contributed by atoms with Gasteiger partial charge in [0.2, 0.25) is 6.20 Å². The van der Waals surface area contributed by atoms with Crippen LogP contribution >= 0.6 is 0 Å². The van der Waals surface area contributed by atoms with Gasteiger partial charge in [-0.2, -0.15) is 0 Å². The summed E-state index contributed by atoms with van der Waals surface area (Å²) in [4.78, 5) is 0.464. The van der Waals surface area contributed by atoms with Crippen molar-refractivity contribution in [3.63, 3.8) is 0 Å². The van der Waals surface area contributed by atoms with Crippen molar-refractivity contribution in [3.8, 4) is 5.88 Å². The summed E-state index contributed by atoms with van der Waals surface area (Å²) in [5, 5.41) is 14.1. The smallest absolute Gasteiger partial charge is 0.283 e. The Morgan fingerprint density at radius 2 is 2.40 bits per heavy atom. The largest absolute Gasteiger partial charge is 0.594 e. The van der Waals surface area contributed by atoms with E-state index in [2.05, 4.69) is 5.10 Å². The maximum atomic E-state index is 10.5. The van der Waals surface area contributed by atoms with E-state index < -0.39 is 0 Å². The molecule has 0 spiro atoms. The number of aryl methyl sites for hydroxylation is 1. The molecule has 0 bridgehead atoms. The second-order valence-corrected chi connectivity index (χ2v) is 1.91. The van der Waals surface area contributed by atoms with Gasteiger partial charge >= 0.3 is 0 Å². The van der Waals surface area contributed by atoms with Gasteiger partial charge in [-0.05, 0) is 6.92 Å². The fourth-order valence-electron chi connectivity index (χ4n) is 0.650. The molecule has 4 nitrogen and oxygen atoms in total. The molecule has 0 radical (unpaired) electrons. The number of ether oxygens (including phenoxy) is 1. The summed E-state index contributed by atoms with van der Waals surface area (Å²) < 4.78 is 4.79. The Labute approximate surface area is 58.6 Å². The van der Waals surface area contributed by atoms with E-state index in [1.165, 1.54) is 13.3 Å². The Kier molecular flexibility index (Phi) is 1.71. The molecule has 0 aliphatic rings. The van der Waals surface area contributed by atoms with E-state index in [4.69, 9.17) is 4.74 Å². The van der Waals surface area contributed by atoms with Gasteiger partial charge in [0.05, 0.1) is 12.2 Å². The lowest BCUT2D eigenvalue weighted by atomic mass is 10.3. The maximum absolute atomic E-state index is 10.5. The maximum Gasteiger partial charge on any atom is 0.283 e. The quantitative estimate of drug-likeness (QED) is 0.408. The van der Waals surface area contributed by atoms with Crippen LogP contribution in [0.4, 0.5) is 0 Å². The number of hydrogen-bond donors (Lipinski definition) is 0. The van der Waals surface area contributed by atoms with Gasteiger partial charge in [-0.15, -0.1) is 0 Å². The minimum atomic E-state index is 0.373. The summed E-state index contributed by atoms with van der Waals surface area (Å²) in [6.07, 6.45) is 1.33. The number of hydrogen-bond acceptors (Lipinski definition) is 3. The molecule has 1 aromatic rings. The van der Waals surface area contributed by atoms with Crippen molar-refractivity contribution in [1.82, 2.24) is 5.10 Å². The summed E-state index contributed by atoms with van der Waals surface area (Å²) in [7, 11) is 1.48. The highest BCUT2D eigenvalue weighted by Crippen LogP contribution is 2.07. The summed E-state index contributed by atoms with van der Waals surface area (Å²) in [5.74, 6) is 0.373. The molecule has 0 aliphatic heterocycles. The third-order valence-electron chi connectivity index (χ3n) is 1.17. The van der Waals surface area contributed by atoms with Crippen molar-refractivity contribution in [1.29, 1.82) is 0 Å². The predicted octanol–water partition coefficient (Wildman–Crippen LogP) is 0.0320. The molecule has 1 heterocycles. The molecule has 0 saturated carbocycles. The third-order valence-corrected chi connectivity index (χ3v) is 1.17. The summed E-state index contributed by atoms with van der Waals surface area (Å²) in [6.45, 7) is 1.83. The molecule has 10 heavy (non-hydrogen) atoms. The van der Waals surface area contributed by atoms with Crippen molar-refractivity contribution in [3.05, 3.63) is 23.0 Å².